The third-order valence-corrected chi connectivity index (χ3v) is 8.37. The van der Waals surface area contributed by atoms with Gasteiger partial charge in [-0.3, -0.25) is 4.79 Å². The minimum atomic E-state index is -3.23. The molecule has 2 fully saturated rings. The van der Waals surface area contributed by atoms with E-state index >= 15 is 0 Å². The number of rotatable bonds is 3. The number of amides is 1. The number of fused-ring (bicyclic) bond motifs is 1. The second-order valence-corrected chi connectivity index (χ2v) is 9.89. The molecule has 2 aromatic heterocycles. The predicted molar refractivity (Wildman–Crippen MR) is 97.5 cm³/mol. The zero-order valence-corrected chi connectivity index (χ0v) is 15.8. The Kier molecular flexibility index (Phi) is 4.28. The molecule has 2 aromatic rings. The molecular weight excluding hydrogens is 374 g/mol. The van der Waals surface area contributed by atoms with Gasteiger partial charge in [0.15, 0.2) is 20.7 Å². The first-order valence-electron chi connectivity index (χ1n) is 8.44. The Morgan fingerprint density at radius 1 is 1.35 bits per heavy atom. The van der Waals surface area contributed by atoms with E-state index in [0.29, 0.717) is 34.4 Å². The standard InChI is InChI=1S/C16H19N5O3S2/c1-2-11-13(25-15(20-11)14-18-4-3-5-19-14)16(22)21-6-9-10(17)8-26(23,24)12(9)7-21/h3-5,9-10,12H,2,6-8,17H2,1H3/t9-,10+,12-/m0/s1. The number of carbonyl (C=O) groups is 1. The first-order valence-corrected chi connectivity index (χ1v) is 11.0. The molecule has 0 radical (unpaired) electrons. The average Bonchev–Trinajstić information content (AvgIpc) is 3.30. The molecule has 8 nitrogen and oxygen atoms in total. The summed E-state index contributed by atoms with van der Waals surface area (Å²) in [5.41, 5.74) is 6.68. The molecule has 2 aliphatic heterocycles. The summed E-state index contributed by atoms with van der Waals surface area (Å²) in [5, 5.41) is 0.0471. The van der Waals surface area contributed by atoms with Crippen LogP contribution in [0.4, 0.5) is 0 Å². The average molecular weight is 393 g/mol. The number of nitrogens with two attached hydrogens (primary N) is 1. The zero-order chi connectivity index (χ0) is 18.5. The molecule has 2 N–H and O–H groups in total. The number of likely N-dealkylation sites (tertiary alicyclic amines) is 1. The Morgan fingerprint density at radius 3 is 2.73 bits per heavy atom. The van der Waals surface area contributed by atoms with Crippen molar-refractivity contribution in [3.63, 3.8) is 0 Å². The summed E-state index contributed by atoms with van der Waals surface area (Å²) in [5.74, 6) is 0.131. The molecule has 0 unspecified atom stereocenters. The lowest BCUT2D eigenvalue weighted by Gasteiger charge is -2.18. The van der Waals surface area contributed by atoms with Gasteiger partial charge >= 0.3 is 0 Å². The number of sulfone groups is 1. The lowest BCUT2D eigenvalue weighted by atomic mass is 10.0. The normalized spacial score (nSPS) is 26.8. The molecule has 3 atom stereocenters. The van der Waals surface area contributed by atoms with Crippen LogP contribution in [0.1, 0.15) is 22.3 Å². The van der Waals surface area contributed by atoms with Crippen molar-refractivity contribution >= 4 is 27.1 Å². The van der Waals surface area contributed by atoms with Crippen LogP contribution in [0.15, 0.2) is 18.5 Å². The van der Waals surface area contributed by atoms with E-state index in [2.05, 4.69) is 15.0 Å². The molecular formula is C16H19N5O3S2. The van der Waals surface area contributed by atoms with Gasteiger partial charge in [0, 0.05) is 37.4 Å². The number of aryl methyl sites for hydroxylation is 1. The van der Waals surface area contributed by atoms with Crippen LogP contribution in [0.3, 0.4) is 0 Å². The molecule has 0 saturated carbocycles. The van der Waals surface area contributed by atoms with Crippen molar-refractivity contribution in [3.8, 4) is 10.8 Å². The highest BCUT2D eigenvalue weighted by Gasteiger charge is 2.52. The third-order valence-electron chi connectivity index (χ3n) is 5.02. The minimum Gasteiger partial charge on any atom is -0.336 e. The summed E-state index contributed by atoms with van der Waals surface area (Å²) in [6.07, 6.45) is 3.86. The van der Waals surface area contributed by atoms with E-state index in [0.717, 1.165) is 0 Å². The van der Waals surface area contributed by atoms with Gasteiger partial charge in [0.1, 0.15) is 4.88 Å². The molecule has 10 heteroatoms. The number of hydrogen-bond acceptors (Lipinski definition) is 8. The molecule has 0 aliphatic carbocycles. The lowest BCUT2D eigenvalue weighted by Crippen LogP contribution is -2.35. The summed E-state index contributed by atoms with van der Waals surface area (Å²) in [7, 11) is -3.23. The second-order valence-electron chi connectivity index (χ2n) is 6.63. The van der Waals surface area contributed by atoms with Crippen molar-refractivity contribution in [3.05, 3.63) is 29.0 Å². The van der Waals surface area contributed by atoms with E-state index in [1.54, 1.807) is 23.4 Å². The van der Waals surface area contributed by atoms with E-state index in [-0.39, 0.29) is 24.1 Å². The number of thiazole rings is 1. The minimum absolute atomic E-state index is 0.0145. The monoisotopic (exact) mass is 393 g/mol. The Labute approximate surface area is 155 Å². The van der Waals surface area contributed by atoms with E-state index in [4.69, 9.17) is 5.73 Å². The molecule has 0 bridgehead atoms. The number of carbonyl (C=O) groups excluding carboxylic acids is 1. The molecule has 1 amide bonds. The molecule has 4 heterocycles. The Balaban J connectivity index is 1.62. The van der Waals surface area contributed by atoms with Crippen molar-refractivity contribution in [2.45, 2.75) is 24.6 Å². The van der Waals surface area contributed by atoms with Crippen LogP contribution in [-0.4, -0.2) is 64.3 Å². The maximum absolute atomic E-state index is 13.0. The van der Waals surface area contributed by atoms with Gasteiger partial charge in [0.25, 0.3) is 5.91 Å². The van der Waals surface area contributed by atoms with Gasteiger partial charge < -0.3 is 10.6 Å². The van der Waals surface area contributed by atoms with Gasteiger partial charge in [0.05, 0.1) is 16.7 Å². The maximum Gasteiger partial charge on any atom is 0.265 e. The first-order chi connectivity index (χ1) is 12.4. The van der Waals surface area contributed by atoms with Crippen molar-refractivity contribution < 1.29 is 13.2 Å². The number of aromatic nitrogens is 3. The maximum atomic E-state index is 13.0. The predicted octanol–water partition coefficient (Wildman–Crippen LogP) is 0.359. The quantitative estimate of drug-likeness (QED) is 0.799. The topological polar surface area (TPSA) is 119 Å². The summed E-state index contributed by atoms with van der Waals surface area (Å²) in [4.78, 5) is 28.1. The van der Waals surface area contributed by atoms with Crippen molar-refractivity contribution in [1.82, 2.24) is 19.9 Å². The van der Waals surface area contributed by atoms with Crippen molar-refractivity contribution in [2.24, 2.45) is 11.7 Å². The highest BCUT2D eigenvalue weighted by molar-refractivity contribution is 7.92. The van der Waals surface area contributed by atoms with Crippen molar-refractivity contribution in [2.75, 3.05) is 18.8 Å². The molecule has 0 aromatic carbocycles. The molecule has 26 heavy (non-hydrogen) atoms. The van der Waals surface area contributed by atoms with Gasteiger partial charge in [-0.2, -0.15) is 0 Å². The molecule has 138 valence electrons. The van der Waals surface area contributed by atoms with Gasteiger partial charge in [0.2, 0.25) is 0 Å². The zero-order valence-electron chi connectivity index (χ0n) is 14.2. The fraction of sp³-hybridized carbons (Fsp3) is 0.500. The molecule has 2 aliphatic rings. The SMILES string of the molecule is CCc1nc(-c2ncccn2)sc1C(=O)N1C[C@H]2[C@H](N)CS(=O)(=O)[C@H]2C1. The van der Waals surface area contributed by atoms with Crippen LogP contribution in [0, 0.1) is 5.92 Å². The van der Waals surface area contributed by atoms with E-state index in [9.17, 15) is 13.2 Å². The van der Waals surface area contributed by atoms with Crippen LogP contribution in [0.25, 0.3) is 10.8 Å². The highest BCUT2D eigenvalue weighted by atomic mass is 32.2. The number of nitrogens with zero attached hydrogens (tertiary/aromatic N) is 4. The van der Waals surface area contributed by atoms with Gasteiger partial charge in [-0.25, -0.2) is 23.4 Å². The van der Waals surface area contributed by atoms with Crippen LogP contribution >= 0.6 is 11.3 Å². The second kappa shape index (κ2) is 6.36. The third kappa shape index (κ3) is 2.81. The fourth-order valence-electron chi connectivity index (χ4n) is 3.68. The highest BCUT2D eigenvalue weighted by Crippen LogP contribution is 2.35. The van der Waals surface area contributed by atoms with Crippen LogP contribution in [-0.2, 0) is 16.3 Å². The lowest BCUT2D eigenvalue weighted by molar-refractivity contribution is 0.0789. The van der Waals surface area contributed by atoms with E-state index in [1.165, 1.54) is 11.3 Å². The Morgan fingerprint density at radius 2 is 2.08 bits per heavy atom. The van der Waals surface area contributed by atoms with E-state index < -0.39 is 21.1 Å². The van der Waals surface area contributed by atoms with Gasteiger partial charge in [-0.05, 0) is 12.5 Å². The molecule has 0 spiro atoms. The Bertz CT molecular complexity index is 944. The first kappa shape index (κ1) is 17.5. The summed E-state index contributed by atoms with van der Waals surface area (Å²) in [6.45, 7) is 2.51. The largest absolute Gasteiger partial charge is 0.336 e. The van der Waals surface area contributed by atoms with Crippen LogP contribution in [0.2, 0.25) is 0 Å². The summed E-state index contributed by atoms with van der Waals surface area (Å²) >= 11 is 1.25. The van der Waals surface area contributed by atoms with Crippen molar-refractivity contribution in [1.29, 1.82) is 0 Å². The number of hydrogen-bond donors (Lipinski definition) is 1. The van der Waals surface area contributed by atoms with Crippen LogP contribution < -0.4 is 5.73 Å². The van der Waals surface area contributed by atoms with Gasteiger partial charge in [-0.1, -0.05) is 6.92 Å². The molecule has 4 rings (SSSR count). The summed E-state index contributed by atoms with van der Waals surface area (Å²) < 4.78 is 24.5. The van der Waals surface area contributed by atoms with Crippen LogP contribution in [0.5, 0.6) is 0 Å². The van der Waals surface area contributed by atoms with E-state index in [1.807, 2.05) is 6.92 Å². The smallest absolute Gasteiger partial charge is 0.265 e. The molecule has 2 saturated heterocycles. The Hall–Kier alpha value is -1.91. The van der Waals surface area contributed by atoms with Gasteiger partial charge in [-0.15, -0.1) is 11.3 Å². The summed E-state index contributed by atoms with van der Waals surface area (Å²) in [6, 6.07) is 1.32. The fourth-order valence-corrected chi connectivity index (χ4v) is 7.01.